The summed E-state index contributed by atoms with van der Waals surface area (Å²) >= 11 is 2.26. The van der Waals surface area contributed by atoms with Gasteiger partial charge in [0.25, 0.3) is 0 Å². The second-order valence-corrected chi connectivity index (χ2v) is 3.67. The van der Waals surface area contributed by atoms with Crippen LogP contribution < -0.4 is 4.74 Å². The number of nitrogens with zero attached hydrogens (tertiary/aromatic N) is 1. The number of aromatic nitrogens is 1. The summed E-state index contributed by atoms with van der Waals surface area (Å²) in [5, 5.41) is 0. The van der Waals surface area contributed by atoms with E-state index < -0.39 is 0 Å². The molecule has 3 heteroatoms. The van der Waals surface area contributed by atoms with Gasteiger partial charge in [-0.15, -0.1) is 0 Å². The third kappa shape index (κ3) is 2.33. The van der Waals surface area contributed by atoms with Gasteiger partial charge >= 0.3 is 0 Å². The summed E-state index contributed by atoms with van der Waals surface area (Å²) in [6.45, 7) is 4.89. The highest BCUT2D eigenvalue weighted by atomic mass is 127. The van der Waals surface area contributed by atoms with Crippen molar-refractivity contribution in [2.45, 2.75) is 20.3 Å². The number of rotatable bonds is 3. The standard InChI is InChI=1S/C9H12INO/c1-3-6-12-9-8(10)7(2)4-5-11-9/h4-5H,3,6H2,1-2H3. The van der Waals surface area contributed by atoms with Gasteiger partial charge in [0.2, 0.25) is 5.88 Å². The molecular weight excluding hydrogens is 265 g/mol. The van der Waals surface area contributed by atoms with Crippen LogP contribution in [0.1, 0.15) is 18.9 Å². The van der Waals surface area contributed by atoms with Crippen LogP contribution >= 0.6 is 22.6 Å². The van der Waals surface area contributed by atoms with Crippen molar-refractivity contribution >= 4 is 22.6 Å². The maximum Gasteiger partial charge on any atom is 0.227 e. The Morgan fingerprint density at radius 1 is 1.58 bits per heavy atom. The average molecular weight is 277 g/mol. The molecule has 0 aliphatic rings. The molecule has 0 unspecified atom stereocenters. The second kappa shape index (κ2) is 4.64. The number of hydrogen-bond donors (Lipinski definition) is 0. The van der Waals surface area contributed by atoms with Crippen LogP contribution in [0, 0.1) is 10.5 Å². The lowest BCUT2D eigenvalue weighted by molar-refractivity contribution is 0.302. The molecule has 12 heavy (non-hydrogen) atoms. The van der Waals surface area contributed by atoms with E-state index in [0.717, 1.165) is 22.5 Å². The number of aryl methyl sites for hydroxylation is 1. The summed E-state index contributed by atoms with van der Waals surface area (Å²) in [6.07, 6.45) is 2.80. The van der Waals surface area contributed by atoms with E-state index in [2.05, 4.69) is 41.4 Å². The van der Waals surface area contributed by atoms with E-state index in [-0.39, 0.29) is 0 Å². The minimum atomic E-state index is 0.743. The number of pyridine rings is 1. The molecule has 1 heterocycles. The van der Waals surface area contributed by atoms with Gasteiger partial charge in [0.1, 0.15) is 0 Å². The lowest BCUT2D eigenvalue weighted by Gasteiger charge is -2.06. The van der Waals surface area contributed by atoms with E-state index in [9.17, 15) is 0 Å². The second-order valence-electron chi connectivity index (χ2n) is 2.60. The van der Waals surface area contributed by atoms with Crippen molar-refractivity contribution in [3.63, 3.8) is 0 Å². The third-order valence-electron chi connectivity index (χ3n) is 1.49. The van der Waals surface area contributed by atoms with Gasteiger partial charge in [0.05, 0.1) is 10.2 Å². The van der Waals surface area contributed by atoms with Crippen LogP contribution in [-0.4, -0.2) is 11.6 Å². The highest BCUT2D eigenvalue weighted by molar-refractivity contribution is 14.1. The molecule has 0 atom stereocenters. The van der Waals surface area contributed by atoms with Crippen molar-refractivity contribution in [1.29, 1.82) is 0 Å². The predicted molar refractivity (Wildman–Crippen MR) is 57.5 cm³/mol. The number of ether oxygens (including phenoxy) is 1. The van der Waals surface area contributed by atoms with Gasteiger partial charge < -0.3 is 4.74 Å². The summed E-state index contributed by atoms with van der Waals surface area (Å²) < 4.78 is 6.56. The molecule has 0 aromatic carbocycles. The van der Waals surface area contributed by atoms with Gasteiger partial charge in [-0.3, -0.25) is 0 Å². The molecule has 66 valence electrons. The Kier molecular flexibility index (Phi) is 3.78. The lowest BCUT2D eigenvalue weighted by atomic mass is 10.3. The van der Waals surface area contributed by atoms with E-state index in [1.807, 2.05) is 6.07 Å². The molecule has 0 radical (unpaired) electrons. The molecule has 1 aromatic rings. The zero-order chi connectivity index (χ0) is 8.97. The highest BCUT2D eigenvalue weighted by Crippen LogP contribution is 2.20. The molecule has 0 amide bonds. The Labute approximate surface area is 86.5 Å². The molecule has 0 aliphatic heterocycles. The normalized spacial score (nSPS) is 9.92. The summed E-state index contributed by atoms with van der Waals surface area (Å²) in [5.74, 6) is 0.762. The number of halogens is 1. The lowest BCUT2D eigenvalue weighted by Crippen LogP contribution is -1.99. The van der Waals surface area contributed by atoms with Crippen LogP contribution in [0.3, 0.4) is 0 Å². The summed E-state index contributed by atoms with van der Waals surface area (Å²) in [6, 6.07) is 1.99. The quantitative estimate of drug-likeness (QED) is 0.792. The molecule has 2 nitrogen and oxygen atoms in total. The first-order valence-electron chi connectivity index (χ1n) is 3.99. The maximum absolute atomic E-state index is 5.45. The highest BCUT2D eigenvalue weighted by Gasteiger charge is 2.03. The van der Waals surface area contributed by atoms with Gasteiger partial charge in [-0.2, -0.15) is 0 Å². The number of hydrogen-bond acceptors (Lipinski definition) is 2. The van der Waals surface area contributed by atoms with E-state index in [0.29, 0.717) is 0 Å². The van der Waals surface area contributed by atoms with Crippen molar-refractivity contribution in [1.82, 2.24) is 4.98 Å². The van der Waals surface area contributed by atoms with Crippen molar-refractivity contribution < 1.29 is 4.74 Å². The molecule has 0 aliphatic carbocycles. The predicted octanol–water partition coefficient (Wildman–Crippen LogP) is 2.78. The van der Waals surface area contributed by atoms with E-state index in [1.165, 1.54) is 5.56 Å². The molecule has 0 fully saturated rings. The van der Waals surface area contributed by atoms with Crippen LogP contribution in [0.2, 0.25) is 0 Å². The zero-order valence-electron chi connectivity index (χ0n) is 7.30. The van der Waals surface area contributed by atoms with Gasteiger partial charge in [-0.25, -0.2) is 4.98 Å². The molecule has 1 aromatic heterocycles. The smallest absolute Gasteiger partial charge is 0.227 e. The Balaban J connectivity index is 2.78. The van der Waals surface area contributed by atoms with Gasteiger partial charge in [0, 0.05) is 6.20 Å². The Bertz CT molecular complexity index is 263. The largest absolute Gasteiger partial charge is 0.477 e. The fourth-order valence-corrected chi connectivity index (χ4v) is 1.29. The summed E-state index contributed by atoms with van der Waals surface area (Å²) in [7, 11) is 0. The van der Waals surface area contributed by atoms with Gasteiger partial charge in [0.15, 0.2) is 0 Å². The molecule has 0 saturated carbocycles. The van der Waals surface area contributed by atoms with Crippen molar-refractivity contribution in [2.24, 2.45) is 0 Å². The summed E-state index contributed by atoms with van der Waals surface area (Å²) in [5.41, 5.74) is 1.22. The first-order chi connectivity index (χ1) is 5.75. The Hall–Kier alpha value is -0.320. The zero-order valence-corrected chi connectivity index (χ0v) is 9.46. The monoisotopic (exact) mass is 277 g/mol. The van der Waals surface area contributed by atoms with Gasteiger partial charge in [-0.05, 0) is 47.6 Å². The third-order valence-corrected chi connectivity index (χ3v) is 2.81. The van der Waals surface area contributed by atoms with Gasteiger partial charge in [-0.1, -0.05) is 6.92 Å². The molecule has 1 rings (SSSR count). The van der Waals surface area contributed by atoms with Crippen molar-refractivity contribution in [3.8, 4) is 5.88 Å². The maximum atomic E-state index is 5.45. The molecule has 0 spiro atoms. The minimum Gasteiger partial charge on any atom is -0.477 e. The molecule has 0 N–H and O–H groups in total. The molecular formula is C9H12INO. The van der Waals surface area contributed by atoms with Crippen LogP contribution in [0.5, 0.6) is 5.88 Å². The molecule has 0 saturated heterocycles. The van der Waals surface area contributed by atoms with Crippen LogP contribution in [0.4, 0.5) is 0 Å². The van der Waals surface area contributed by atoms with E-state index in [4.69, 9.17) is 4.74 Å². The minimum absolute atomic E-state index is 0.743. The summed E-state index contributed by atoms with van der Waals surface area (Å²) in [4.78, 5) is 4.15. The molecule has 0 bridgehead atoms. The van der Waals surface area contributed by atoms with Crippen molar-refractivity contribution in [3.05, 3.63) is 21.4 Å². The average Bonchev–Trinajstić information content (AvgIpc) is 2.08. The Morgan fingerprint density at radius 2 is 2.33 bits per heavy atom. The fourth-order valence-electron chi connectivity index (χ4n) is 0.815. The van der Waals surface area contributed by atoms with E-state index >= 15 is 0 Å². The Morgan fingerprint density at radius 3 is 3.00 bits per heavy atom. The fraction of sp³-hybridized carbons (Fsp3) is 0.444. The topological polar surface area (TPSA) is 22.1 Å². The first-order valence-corrected chi connectivity index (χ1v) is 5.07. The van der Waals surface area contributed by atoms with Crippen LogP contribution in [0.25, 0.3) is 0 Å². The van der Waals surface area contributed by atoms with Crippen LogP contribution in [0.15, 0.2) is 12.3 Å². The SMILES string of the molecule is CCCOc1nccc(C)c1I. The van der Waals surface area contributed by atoms with Crippen molar-refractivity contribution in [2.75, 3.05) is 6.61 Å². The van der Waals surface area contributed by atoms with E-state index in [1.54, 1.807) is 6.20 Å². The van der Waals surface area contributed by atoms with Crippen LogP contribution in [-0.2, 0) is 0 Å². The first kappa shape index (κ1) is 9.77.